The molecule has 0 bridgehead atoms. The number of nitrogen functional groups attached to an aromatic ring is 1. The maximum Gasteiger partial charge on any atom is 0.329 e. The molecule has 0 radical (unpaired) electrons. The molecular formula is C9H15N3O2. The van der Waals surface area contributed by atoms with Crippen molar-refractivity contribution in [1.82, 2.24) is 9.55 Å². The first kappa shape index (κ1) is 10.6. The second kappa shape index (κ2) is 3.32. The van der Waals surface area contributed by atoms with Crippen LogP contribution >= 0.6 is 0 Å². The van der Waals surface area contributed by atoms with Crippen molar-refractivity contribution in [2.75, 3.05) is 5.73 Å². The molecule has 78 valence electrons. The molecule has 5 nitrogen and oxygen atoms in total. The number of nitrogens with one attached hydrogen (secondary N) is 1. The second-order valence-electron chi connectivity index (χ2n) is 4.51. The fourth-order valence-corrected chi connectivity index (χ4v) is 1.18. The molecule has 0 atom stereocenters. The zero-order valence-corrected chi connectivity index (χ0v) is 8.63. The van der Waals surface area contributed by atoms with E-state index in [1.165, 1.54) is 10.6 Å². The number of hydrogen-bond acceptors (Lipinski definition) is 3. The number of aromatic nitrogens is 2. The molecule has 3 N–H and O–H groups in total. The van der Waals surface area contributed by atoms with Gasteiger partial charge in [-0.05, 0) is 5.41 Å². The lowest BCUT2D eigenvalue weighted by molar-refractivity contribution is 0.338. The van der Waals surface area contributed by atoms with Crippen LogP contribution in [0.3, 0.4) is 0 Å². The van der Waals surface area contributed by atoms with Crippen molar-refractivity contribution in [3.05, 3.63) is 26.9 Å². The first-order chi connectivity index (χ1) is 6.29. The Balaban J connectivity index is 3.23. The third-order valence-corrected chi connectivity index (χ3v) is 1.70. The van der Waals surface area contributed by atoms with Gasteiger partial charge < -0.3 is 5.73 Å². The smallest absolute Gasteiger partial charge is 0.329 e. The van der Waals surface area contributed by atoms with Gasteiger partial charge in [0, 0.05) is 12.6 Å². The minimum Gasteiger partial charge on any atom is -0.385 e. The van der Waals surface area contributed by atoms with Gasteiger partial charge in [0.05, 0.1) is 0 Å². The molecule has 0 aliphatic carbocycles. The molecule has 0 spiro atoms. The maximum absolute atomic E-state index is 11.4. The van der Waals surface area contributed by atoms with Crippen LogP contribution in [0.25, 0.3) is 0 Å². The quantitative estimate of drug-likeness (QED) is 0.673. The topological polar surface area (TPSA) is 80.9 Å². The van der Waals surface area contributed by atoms with Crippen molar-refractivity contribution in [3.63, 3.8) is 0 Å². The summed E-state index contributed by atoms with van der Waals surface area (Å²) in [7, 11) is 0. The molecule has 1 rings (SSSR count). The molecule has 0 saturated heterocycles. The zero-order valence-electron chi connectivity index (χ0n) is 8.63. The van der Waals surface area contributed by atoms with Crippen molar-refractivity contribution >= 4 is 5.82 Å². The average molecular weight is 197 g/mol. The molecule has 0 unspecified atom stereocenters. The fraction of sp³-hybridized carbons (Fsp3) is 0.556. The van der Waals surface area contributed by atoms with Gasteiger partial charge >= 0.3 is 5.69 Å². The van der Waals surface area contributed by atoms with E-state index in [1.807, 2.05) is 20.8 Å². The normalized spacial score (nSPS) is 11.6. The summed E-state index contributed by atoms with van der Waals surface area (Å²) in [6, 6.07) is 1.22. The molecule has 0 fully saturated rings. The first-order valence-electron chi connectivity index (χ1n) is 4.39. The van der Waals surface area contributed by atoms with E-state index in [4.69, 9.17) is 5.73 Å². The SMILES string of the molecule is CC(C)(C)Cn1c(N)cc(=O)[nH]c1=O. The van der Waals surface area contributed by atoms with Gasteiger partial charge in [-0.3, -0.25) is 14.3 Å². The lowest BCUT2D eigenvalue weighted by Gasteiger charge is -2.20. The third-order valence-electron chi connectivity index (χ3n) is 1.70. The van der Waals surface area contributed by atoms with E-state index in [1.54, 1.807) is 0 Å². The number of hydrogen-bond donors (Lipinski definition) is 2. The van der Waals surface area contributed by atoms with Crippen LogP contribution in [0, 0.1) is 5.41 Å². The fourth-order valence-electron chi connectivity index (χ4n) is 1.18. The highest BCUT2D eigenvalue weighted by Gasteiger charge is 2.14. The Hall–Kier alpha value is -1.52. The monoisotopic (exact) mass is 197 g/mol. The molecule has 0 aromatic carbocycles. The van der Waals surface area contributed by atoms with E-state index in [0.717, 1.165) is 0 Å². The lowest BCUT2D eigenvalue weighted by Crippen LogP contribution is -2.34. The highest BCUT2D eigenvalue weighted by molar-refractivity contribution is 5.26. The van der Waals surface area contributed by atoms with Crippen molar-refractivity contribution < 1.29 is 0 Å². The van der Waals surface area contributed by atoms with Crippen molar-refractivity contribution in [3.8, 4) is 0 Å². The number of aromatic amines is 1. The molecule has 0 aliphatic rings. The summed E-state index contributed by atoms with van der Waals surface area (Å²) in [6.07, 6.45) is 0. The summed E-state index contributed by atoms with van der Waals surface area (Å²) in [4.78, 5) is 24.4. The van der Waals surface area contributed by atoms with Crippen molar-refractivity contribution in [2.45, 2.75) is 27.3 Å². The number of nitrogens with zero attached hydrogens (tertiary/aromatic N) is 1. The minimum absolute atomic E-state index is 0.0593. The zero-order chi connectivity index (χ0) is 10.9. The third kappa shape index (κ3) is 2.48. The van der Waals surface area contributed by atoms with Gasteiger partial charge in [-0.25, -0.2) is 4.79 Å². The molecule has 0 amide bonds. The standard InChI is InChI=1S/C9H15N3O2/c1-9(2,3)5-12-6(10)4-7(13)11-8(12)14/h4H,5,10H2,1-3H3,(H,11,13,14). The summed E-state index contributed by atoms with van der Waals surface area (Å²) in [5.74, 6) is 0.202. The molecule has 1 aromatic rings. The van der Waals surface area contributed by atoms with Crippen LogP contribution in [-0.2, 0) is 6.54 Å². The summed E-state index contributed by atoms with van der Waals surface area (Å²) >= 11 is 0. The highest BCUT2D eigenvalue weighted by Crippen LogP contribution is 2.15. The van der Waals surface area contributed by atoms with Crippen LogP contribution in [0.1, 0.15) is 20.8 Å². The Bertz CT molecular complexity index is 437. The molecule has 14 heavy (non-hydrogen) atoms. The van der Waals surface area contributed by atoms with Crippen LogP contribution in [-0.4, -0.2) is 9.55 Å². The van der Waals surface area contributed by atoms with Gasteiger partial charge in [-0.1, -0.05) is 20.8 Å². The molecule has 1 heterocycles. The van der Waals surface area contributed by atoms with Crippen LogP contribution in [0.2, 0.25) is 0 Å². The molecular weight excluding hydrogens is 182 g/mol. The first-order valence-corrected chi connectivity index (χ1v) is 4.39. The van der Waals surface area contributed by atoms with Gasteiger partial charge in [0.15, 0.2) is 0 Å². The van der Waals surface area contributed by atoms with Crippen molar-refractivity contribution in [2.24, 2.45) is 5.41 Å². The molecule has 0 saturated carbocycles. The molecule has 0 aliphatic heterocycles. The van der Waals surface area contributed by atoms with Gasteiger partial charge in [-0.15, -0.1) is 0 Å². The molecule has 1 aromatic heterocycles. The van der Waals surface area contributed by atoms with Crippen LogP contribution in [0.4, 0.5) is 5.82 Å². The van der Waals surface area contributed by atoms with Gasteiger partial charge in [-0.2, -0.15) is 0 Å². The van der Waals surface area contributed by atoms with Crippen LogP contribution < -0.4 is 17.0 Å². The van der Waals surface area contributed by atoms with E-state index < -0.39 is 11.2 Å². The Morgan fingerprint density at radius 2 is 2.00 bits per heavy atom. The number of rotatable bonds is 1. The van der Waals surface area contributed by atoms with Crippen LogP contribution in [0.5, 0.6) is 0 Å². The minimum atomic E-state index is -0.461. The van der Waals surface area contributed by atoms with Crippen LogP contribution in [0.15, 0.2) is 15.7 Å². The summed E-state index contributed by atoms with van der Waals surface area (Å²) in [6.45, 7) is 6.45. The van der Waals surface area contributed by atoms with E-state index in [9.17, 15) is 9.59 Å². The van der Waals surface area contributed by atoms with E-state index in [0.29, 0.717) is 6.54 Å². The summed E-state index contributed by atoms with van der Waals surface area (Å²) < 4.78 is 1.36. The van der Waals surface area contributed by atoms with E-state index in [-0.39, 0.29) is 11.2 Å². The molecule has 5 heteroatoms. The summed E-state index contributed by atoms with van der Waals surface area (Å²) in [5.41, 5.74) is 4.60. The Morgan fingerprint density at radius 1 is 1.43 bits per heavy atom. The Morgan fingerprint density at radius 3 is 2.43 bits per heavy atom. The summed E-state index contributed by atoms with van der Waals surface area (Å²) in [5, 5.41) is 0. The van der Waals surface area contributed by atoms with Crippen molar-refractivity contribution in [1.29, 1.82) is 0 Å². The average Bonchev–Trinajstić information content (AvgIpc) is 1.95. The predicted octanol–water partition coefficient (Wildman–Crippen LogP) is 0.165. The highest BCUT2D eigenvalue weighted by atomic mass is 16.2. The Labute approximate surface area is 81.6 Å². The number of anilines is 1. The van der Waals surface area contributed by atoms with Gasteiger partial charge in [0.1, 0.15) is 5.82 Å². The van der Waals surface area contributed by atoms with E-state index >= 15 is 0 Å². The predicted molar refractivity (Wildman–Crippen MR) is 55.2 cm³/mol. The largest absolute Gasteiger partial charge is 0.385 e. The Kier molecular flexibility index (Phi) is 2.51. The van der Waals surface area contributed by atoms with Gasteiger partial charge in [0.2, 0.25) is 0 Å². The maximum atomic E-state index is 11.4. The van der Waals surface area contributed by atoms with E-state index in [2.05, 4.69) is 4.98 Å². The number of nitrogens with two attached hydrogens (primary N) is 1. The number of H-pyrrole nitrogens is 1. The van der Waals surface area contributed by atoms with Gasteiger partial charge in [0.25, 0.3) is 5.56 Å². The lowest BCUT2D eigenvalue weighted by atomic mass is 9.97. The second-order valence-corrected chi connectivity index (χ2v) is 4.51.